The third-order valence-electron chi connectivity index (χ3n) is 4.79. The molecule has 1 aliphatic rings. The molecule has 6 nitrogen and oxygen atoms in total. The lowest BCUT2D eigenvalue weighted by molar-refractivity contribution is 0.415. The molecule has 144 valence electrons. The zero-order valence-electron chi connectivity index (χ0n) is 15.7. The summed E-state index contributed by atoms with van der Waals surface area (Å²) in [6, 6.07) is 17.8. The highest BCUT2D eigenvalue weighted by atomic mass is 35.5. The van der Waals surface area contributed by atoms with Gasteiger partial charge in [-0.1, -0.05) is 17.7 Å². The number of benzene rings is 2. The molecular weight excluding hydrogens is 374 g/mol. The highest BCUT2D eigenvalue weighted by Crippen LogP contribution is 2.24. The predicted octanol–water partition coefficient (Wildman–Crippen LogP) is 4.21. The van der Waals surface area contributed by atoms with E-state index >= 15 is 0 Å². The third-order valence-corrected chi connectivity index (χ3v) is 5.03. The molecule has 0 amide bonds. The maximum Gasteiger partial charge on any atom is 0.135 e. The van der Waals surface area contributed by atoms with Crippen molar-refractivity contribution < 1.29 is 4.74 Å². The number of rotatable bonds is 5. The van der Waals surface area contributed by atoms with E-state index in [1.54, 1.807) is 13.4 Å². The minimum absolute atomic E-state index is 0.768. The molecule has 0 radical (unpaired) electrons. The monoisotopic (exact) mass is 395 g/mol. The Hall–Kier alpha value is -2.99. The molecule has 2 heterocycles. The third kappa shape index (κ3) is 4.28. The summed E-state index contributed by atoms with van der Waals surface area (Å²) in [5.41, 5.74) is 2.12. The van der Waals surface area contributed by atoms with Crippen molar-refractivity contribution in [2.24, 2.45) is 0 Å². The molecule has 1 saturated heterocycles. The number of hydrogen-bond acceptors (Lipinski definition) is 6. The van der Waals surface area contributed by atoms with Crippen LogP contribution in [0.2, 0.25) is 5.02 Å². The number of hydrogen-bond donors (Lipinski definition) is 1. The van der Waals surface area contributed by atoms with Gasteiger partial charge in [-0.15, -0.1) is 0 Å². The van der Waals surface area contributed by atoms with Crippen molar-refractivity contribution in [1.82, 2.24) is 9.97 Å². The van der Waals surface area contributed by atoms with Crippen molar-refractivity contribution in [1.29, 1.82) is 0 Å². The topological polar surface area (TPSA) is 53.5 Å². The maximum atomic E-state index is 6.12. The average Bonchev–Trinajstić information content (AvgIpc) is 2.75. The summed E-state index contributed by atoms with van der Waals surface area (Å²) >= 11 is 6.12. The molecule has 4 rings (SSSR count). The number of anilines is 4. The van der Waals surface area contributed by atoms with Crippen LogP contribution < -0.4 is 19.9 Å². The van der Waals surface area contributed by atoms with Crippen molar-refractivity contribution >= 4 is 34.6 Å². The summed E-state index contributed by atoms with van der Waals surface area (Å²) in [5.74, 6) is 2.52. The molecule has 1 N–H and O–H groups in total. The maximum absolute atomic E-state index is 6.12. The van der Waals surface area contributed by atoms with Crippen LogP contribution in [0.3, 0.4) is 0 Å². The first-order valence-corrected chi connectivity index (χ1v) is 9.58. The first-order chi connectivity index (χ1) is 13.7. The molecule has 0 bridgehead atoms. The number of halogens is 1. The number of aromatic nitrogens is 2. The van der Waals surface area contributed by atoms with Gasteiger partial charge in [0.25, 0.3) is 0 Å². The highest BCUT2D eigenvalue weighted by molar-refractivity contribution is 6.30. The van der Waals surface area contributed by atoms with E-state index in [1.165, 1.54) is 0 Å². The quantitative estimate of drug-likeness (QED) is 0.698. The second-order valence-electron chi connectivity index (χ2n) is 6.57. The molecule has 1 aliphatic heterocycles. The molecule has 0 saturated carbocycles. The Kier molecular flexibility index (Phi) is 5.48. The molecule has 2 aromatic carbocycles. The number of piperazine rings is 1. The van der Waals surface area contributed by atoms with Gasteiger partial charge in [-0.25, -0.2) is 9.97 Å². The van der Waals surface area contributed by atoms with E-state index in [0.29, 0.717) is 0 Å². The van der Waals surface area contributed by atoms with E-state index in [-0.39, 0.29) is 0 Å². The largest absolute Gasteiger partial charge is 0.497 e. The van der Waals surface area contributed by atoms with Crippen molar-refractivity contribution in [3.05, 3.63) is 65.9 Å². The number of nitrogens with one attached hydrogen (secondary N) is 1. The van der Waals surface area contributed by atoms with Crippen LogP contribution in [0.5, 0.6) is 5.75 Å². The molecule has 0 atom stereocenters. The number of ether oxygens (including phenoxy) is 1. The van der Waals surface area contributed by atoms with Crippen LogP contribution >= 0.6 is 11.6 Å². The predicted molar refractivity (Wildman–Crippen MR) is 114 cm³/mol. The van der Waals surface area contributed by atoms with Gasteiger partial charge in [0.1, 0.15) is 23.7 Å². The van der Waals surface area contributed by atoms with E-state index in [1.807, 2.05) is 48.5 Å². The highest BCUT2D eigenvalue weighted by Gasteiger charge is 2.19. The van der Waals surface area contributed by atoms with Crippen molar-refractivity contribution in [3.8, 4) is 5.75 Å². The van der Waals surface area contributed by atoms with E-state index < -0.39 is 0 Å². The van der Waals surface area contributed by atoms with Gasteiger partial charge in [-0.05, 0) is 42.5 Å². The van der Waals surface area contributed by atoms with Crippen LogP contribution in [-0.4, -0.2) is 43.3 Å². The summed E-state index contributed by atoms with van der Waals surface area (Å²) in [4.78, 5) is 13.4. The minimum atomic E-state index is 0.768. The lowest BCUT2D eigenvalue weighted by Crippen LogP contribution is -2.46. The smallest absolute Gasteiger partial charge is 0.135 e. The van der Waals surface area contributed by atoms with E-state index in [0.717, 1.165) is 60.0 Å². The Morgan fingerprint density at radius 1 is 0.929 bits per heavy atom. The van der Waals surface area contributed by atoms with Gasteiger partial charge in [0.05, 0.1) is 7.11 Å². The fourth-order valence-corrected chi connectivity index (χ4v) is 3.46. The van der Waals surface area contributed by atoms with Gasteiger partial charge < -0.3 is 19.9 Å². The molecule has 1 aromatic heterocycles. The second-order valence-corrected chi connectivity index (χ2v) is 7.01. The Labute approximate surface area is 169 Å². The minimum Gasteiger partial charge on any atom is -0.497 e. The average molecular weight is 396 g/mol. The Balaban J connectivity index is 1.40. The van der Waals surface area contributed by atoms with Gasteiger partial charge >= 0.3 is 0 Å². The van der Waals surface area contributed by atoms with Crippen LogP contribution in [0.4, 0.5) is 23.0 Å². The number of nitrogens with zero attached hydrogens (tertiary/aromatic N) is 4. The van der Waals surface area contributed by atoms with Crippen LogP contribution in [-0.2, 0) is 0 Å². The first kappa shape index (κ1) is 18.4. The van der Waals surface area contributed by atoms with Crippen LogP contribution in [0.25, 0.3) is 0 Å². The second kappa shape index (κ2) is 8.35. The van der Waals surface area contributed by atoms with Gasteiger partial charge in [-0.2, -0.15) is 0 Å². The normalized spacial score (nSPS) is 14.1. The summed E-state index contributed by atoms with van der Waals surface area (Å²) in [7, 11) is 1.66. The van der Waals surface area contributed by atoms with Gasteiger partial charge in [0, 0.05) is 48.6 Å². The zero-order valence-corrected chi connectivity index (χ0v) is 16.4. The summed E-state index contributed by atoms with van der Waals surface area (Å²) < 4.78 is 5.19. The Bertz CT molecular complexity index is 926. The lowest BCUT2D eigenvalue weighted by Gasteiger charge is -2.36. The molecular formula is C21H22ClN5O. The summed E-state index contributed by atoms with van der Waals surface area (Å²) in [6.07, 6.45) is 1.60. The van der Waals surface area contributed by atoms with Crippen molar-refractivity contribution in [2.45, 2.75) is 0 Å². The summed E-state index contributed by atoms with van der Waals surface area (Å²) in [6.45, 7) is 3.63. The Morgan fingerprint density at radius 3 is 2.39 bits per heavy atom. The molecule has 7 heteroatoms. The van der Waals surface area contributed by atoms with E-state index in [4.69, 9.17) is 16.3 Å². The fourth-order valence-electron chi connectivity index (χ4n) is 3.28. The zero-order chi connectivity index (χ0) is 19.3. The van der Waals surface area contributed by atoms with Crippen LogP contribution in [0.15, 0.2) is 60.9 Å². The van der Waals surface area contributed by atoms with Crippen LogP contribution in [0.1, 0.15) is 0 Å². The number of methoxy groups -OCH3 is 1. The van der Waals surface area contributed by atoms with Gasteiger partial charge in [0.15, 0.2) is 0 Å². The van der Waals surface area contributed by atoms with E-state index in [9.17, 15) is 0 Å². The first-order valence-electron chi connectivity index (χ1n) is 9.20. The SMILES string of the molecule is COc1ccc(Nc2cc(N3CCN(c4cccc(Cl)c4)CC3)ncn2)cc1. The molecule has 0 aliphatic carbocycles. The molecule has 3 aromatic rings. The molecule has 0 unspecified atom stereocenters. The van der Waals surface area contributed by atoms with Gasteiger partial charge in [-0.3, -0.25) is 0 Å². The van der Waals surface area contributed by atoms with E-state index in [2.05, 4.69) is 31.2 Å². The molecule has 1 fully saturated rings. The Morgan fingerprint density at radius 2 is 1.68 bits per heavy atom. The lowest BCUT2D eigenvalue weighted by atomic mass is 10.2. The van der Waals surface area contributed by atoms with Gasteiger partial charge in [0.2, 0.25) is 0 Å². The van der Waals surface area contributed by atoms with Crippen molar-refractivity contribution in [2.75, 3.05) is 48.4 Å². The fraction of sp³-hybridized carbons (Fsp3) is 0.238. The summed E-state index contributed by atoms with van der Waals surface area (Å²) in [5, 5.41) is 4.09. The van der Waals surface area contributed by atoms with Crippen LogP contribution in [0, 0.1) is 0 Å². The van der Waals surface area contributed by atoms with Crippen molar-refractivity contribution in [3.63, 3.8) is 0 Å². The molecule has 0 spiro atoms. The standard InChI is InChI=1S/C21H22ClN5O/c1-28-19-7-5-17(6-8-19)25-20-14-21(24-15-23-20)27-11-9-26(10-12-27)18-4-2-3-16(22)13-18/h2-8,13-15H,9-12H2,1H3,(H,23,24,25). The molecule has 28 heavy (non-hydrogen) atoms.